The van der Waals surface area contributed by atoms with E-state index in [-0.39, 0.29) is 5.78 Å². The van der Waals surface area contributed by atoms with Crippen molar-refractivity contribution in [2.24, 2.45) is 0 Å². The molecule has 0 saturated carbocycles. The Hall–Kier alpha value is -2.72. The largest absolute Gasteiger partial charge is 0.342 e. The van der Waals surface area contributed by atoms with Crippen LogP contribution in [0.3, 0.4) is 0 Å². The van der Waals surface area contributed by atoms with Gasteiger partial charge in [0.05, 0.1) is 5.56 Å². The second-order valence-corrected chi connectivity index (χ2v) is 6.23. The van der Waals surface area contributed by atoms with Gasteiger partial charge >= 0.3 is 0 Å². The Balaban J connectivity index is 1.82. The van der Waals surface area contributed by atoms with E-state index >= 15 is 0 Å². The van der Waals surface area contributed by atoms with Gasteiger partial charge in [0.25, 0.3) is 0 Å². The smallest absolute Gasteiger partial charge is 0.223 e. The predicted molar refractivity (Wildman–Crippen MR) is 93.0 cm³/mol. The van der Waals surface area contributed by atoms with Crippen molar-refractivity contribution in [1.82, 2.24) is 9.55 Å². The van der Waals surface area contributed by atoms with Crippen molar-refractivity contribution in [2.75, 3.05) is 0 Å². The van der Waals surface area contributed by atoms with E-state index in [0.29, 0.717) is 10.6 Å². The van der Waals surface area contributed by atoms with E-state index in [1.54, 1.807) is 6.20 Å². The van der Waals surface area contributed by atoms with Gasteiger partial charge in [-0.15, -0.1) is 11.3 Å². The highest BCUT2D eigenvalue weighted by Gasteiger charge is 2.18. The van der Waals surface area contributed by atoms with Crippen LogP contribution in [-0.2, 0) is 6.54 Å². The van der Waals surface area contributed by atoms with Gasteiger partial charge in [-0.1, -0.05) is 48.5 Å². The van der Waals surface area contributed by atoms with Crippen LogP contribution in [0, 0.1) is 0 Å². The van der Waals surface area contributed by atoms with E-state index in [2.05, 4.69) is 27.8 Å². The van der Waals surface area contributed by atoms with Gasteiger partial charge in [-0.05, 0) is 11.6 Å². The fourth-order valence-electron chi connectivity index (χ4n) is 2.79. The molecule has 4 rings (SSSR count). The normalized spacial score (nSPS) is 11.0. The summed E-state index contributed by atoms with van der Waals surface area (Å²) in [7, 11) is 0. The molecule has 4 aromatic rings. The number of hydrogen-bond acceptors (Lipinski definition) is 3. The fraction of sp³-hybridized carbons (Fsp3) is 0.0526. The first kappa shape index (κ1) is 13.9. The predicted octanol–water partition coefficient (Wildman–Crippen LogP) is 4.38. The van der Waals surface area contributed by atoms with Gasteiger partial charge < -0.3 is 4.57 Å². The number of ketones is 1. The number of thiazole rings is 1. The lowest BCUT2D eigenvalue weighted by Crippen LogP contribution is -2.00. The summed E-state index contributed by atoms with van der Waals surface area (Å²) < 4.78 is 2.13. The quantitative estimate of drug-likeness (QED) is 0.523. The number of para-hydroxylation sites is 1. The van der Waals surface area contributed by atoms with Gasteiger partial charge in [-0.25, -0.2) is 4.98 Å². The second-order valence-electron chi connectivity index (χ2n) is 5.34. The van der Waals surface area contributed by atoms with Gasteiger partial charge in [0.1, 0.15) is 0 Å². The second kappa shape index (κ2) is 5.82. The molecule has 0 N–H and O–H groups in total. The number of hydrogen-bond donors (Lipinski definition) is 0. The highest BCUT2D eigenvalue weighted by Crippen LogP contribution is 2.25. The molecular formula is C19H14N2OS. The maximum absolute atomic E-state index is 12.7. The van der Waals surface area contributed by atoms with Crippen molar-refractivity contribution in [3.63, 3.8) is 0 Å². The van der Waals surface area contributed by atoms with Gasteiger partial charge in [0.15, 0.2) is 5.01 Å². The maximum Gasteiger partial charge on any atom is 0.223 e. The van der Waals surface area contributed by atoms with E-state index in [1.807, 2.05) is 48.0 Å². The lowest BCUT2D eigenvalue weighted by atomic mass is 10.1. The summed E-state index contributed by atoms with van der Waals surface area (Å²) in [6.45, 7) is 0.743. The Bertz CT molecular complexity index is 956. The average molecular weight is 318 g/mol. The van der Waals surface area contributed by atoms with Gasteiger partial charge in [0, 0.05) is 35.2 Å². The highest BCUT2D eigenvalue weighted by molar-refractivity contribution is 7.11. The number of aromatic nitrogens is 2. The summed E-state index contributed by atoms with van der Waals surface area (Å²) in [5, 5.41) is 3.34. The van der Waals surface area contributed by atoms with Crippen LogP contribution in [0.2, 0.25) is 0 Å². The van der Waals surface area contributed by atoms with E-state index < -0.39 is 0 Å². The van der Waals surface area contributed by atoms with Crippen molar-refractivity contribution < 1.29 is 4.79 Å². The number of carbonyl (C=O) groups is 1. The summed E-state index contributed by atoms with van der Waals surface area (Å²) in [6, 6.07) is 18.3. The summed E-state index contributed by atoms with van der Waals surface area (Å²) in [6.07, 6.45) is 3.61. The zero-order valence-corrected chi connectivity index (χ0v) is 13.2. The Morgan fingerprint density at radius 3 is 2.61 bits per heavy atom. The third-order valence-corrected chi connectivity index (χ3v) is 4.63. The van der Waals surface area contributed by atoms with E-state index in [9.17, 15) is 4.79 Å². The van der Waals surface area contributed by atoms with Crippen LogP contribution >= 0.6 is 11.3 Å². The molecule has 0 atom stereocenters. The first-order valence-corrected chi connectivity index (χ1v) is 8.27. The average Bonchev–Trinajstić information content (AvgIpc) is 3.24. The van der Waals surface area contributed by atoms with E-state index in [0.717, 1.165) is 17.4 Å². The molecule has 0 radical (unpaired) electrons. The topological polar surface area (TPSA) is 34.9 Å². The minimum atomic E-state index is -0.0111. The van der Waals surface area contributed by atoms with Crippen molar-refractivity contribution in [3.05, 3.63) is 88.5 Å². The Kier molecular flexibility index (Phi) is 3.52. The lowest BCUT2D eigenvalue weighted by Gasteiger charge is -2.05. The number of nitrogens with zero attached hydrogens (tertiary/aromatic N) is 2. The first-order valence-electron chi connectivity index (χ1n) is 7.39. The van der Waals surface area contributed by atoms with Crippen LogP contribution in [0.1, 0.15) is 20.9 Å². The maximum atomic E-state index is 12.7. The molecule has 0 amide bonds. The first-order chi connectivity index (χ1) is 11.3. The third kappa shape index (κ3) is 2.58. The summed E-state index contributed by atoms with van der Waals surface area (Å²) >= 11 is 1.38. The SMILES string of the molecule is O=C(c1nccs1)c1cn(Cc2ccccc2)c2ccccc12. The highest BCUT2D eigenvalue weighted by atomic mass is 32.1. The minimum absolute atomic E-state index is 0.0111. The van der Waals surface area contributed by atoms with Crippen LogP contribution in [0.25, 0.3) is 10.9 Å². The number of rotatable bonds is 4. The zero-order chi connectivity index (χ0) is 15.6. The molecule has 0 bridgehead atoms. The van der Waals surface area contributed by atoms with Crippen LogP contribution < -0.4 is 0 Å². The summed E-state index contributed by atoms with van der Waals surface area (Å²) in [5.74, 6) is -0.0111. The van der Waals surface area contributed by atoms with Crippen LogP contribution in [0.15, 0.2) is 72.4 Å². The van der Waals surface area contributed by atoms with Crippen LogP contribution in [0.4, 0.5) is 0 Å². The molecule has 23 heavy (non-hydrogen) atoms. The van der Waals surface area contributed by atoms with E-state index in [4.69, 9.17) is 0 Å². The summed E-state index contributed by atoms with van der Waals surface area (Å²) in [4.78, 5) is 16.9. The van der Waals surface area contributed by atoms with Gasteiger partial charge in [-0.2, -0.15) is 0 Å². The molecule has 0 unspecified atom stereocenters. The van der Waals surface area contributed by atoms with Gasteiger partial charge in [-0.3, -0.25) is 4.79 Å². The van der Waals surface area contributed by atoms with Crippen molar-refractivity contribution in [2.45, 2.75) is 6.54 Å². The molecule has 2 heterocycles. The monoisotopic (exact) mass is 318 g/mol. The third-order valence-electron chi connectivity index (χ3n) is 3.86. The van der Waals surface area contributed by atoms with Crippen LogP contribution in [-0.4, -0.2) is 15.3 Å². The molecule has 112 valence electrons. The van der Waals surface area contributed by atoms with Crippen molar-refractivity contribution in [1.29, 1.82) is 0 Å². The van der Waals surface area contributed by atoms with Crippen molar-refractivity contribution >= 4 is 28.0 Å². The van der Waals surface area contributed by atoms with Gasteiger partial charge in [0.2, 0.25) is 5.78 Å². The molecule has 0 aliphatic rings. The number of carbonyl (C=O) groups excluding carboxylic acids is 1. The Morgan fingerprint density at radius 1 is 1.04 bits per heavy atom. The van der Waals surface area contributed by atoms with Crippen molar-refractivity contribution in [3.8, 4) is 0 Å². The minimum Gasteiger partial charge on any atom is -0.342 e. The standard InChI is InChI=1S/C19H14N2OS/c22-18(19-20-10-11-23-19)16-13-21(12-14-6-2-1-3-7-14)17-9-5-4-8-15(16)17/h1-11,13H,12H2. The Labute approximate surface area is 137 Å². The molecule has 0 spiro atoms. The molecule has 0 saturated heterocycles. The van der Waals surface area contributed by atoms with Crippen LogP contribution in [0.5, 0.6) is 0 Å². The zero-order valence-electron chi connectivity index (χ0n) is 12.3. The fourth-order valence-corrected chi connectivity index (χ4v) is 3.38. The number of fused-ring (bicyclic) bond motifs is 1. The molecule has 0 aliphatic carbocycles. The number of benzene rings is 2. The molecule has 0 aliphatic heterocycles. The molecule has 0 fully saturated rings. The molecule has 4 heteroatoms. The molecule has 2 aromatic carbocycles. The lowest BCUT2D eigenvalue weighted by molar-refractivity contribution is 0.103. The molecule has 3 nitrogen and oxygen atoms in total. The summed E-state index contributed by atoms with van der Waals surface area (Å²) in [5.41, 5.74) is 2.99. The Morgan fingerprint density at radius 2 is 1.83 bits per heavy atom. The molecular weight excluding hydrogens is 304 g/mol. The molecule has 2 aromatic heterocycles. The van der Waals surface area contributed by atoms with E-state index in [1.165, 1.54) is 16.9 Å².